The summed E-state index contributed by atoms with van der Waals surface area (Å²) in [4.78, 5) is 10.7. The maximum Gasteiger partial charge on any atom is 0.329 e. The summed E-state index contributed by atoms with van der Waals surface area (Å²) < 4.78 is 21.5. The van der Waals surface area contributed by atoms with Crippen LogP contribution < -0.4 is 0 Å². The van der Waals surface area contributed by atoms with Crippen molar-refractivity contribution in [1.82, 2.24) is 9.78 Å². The third-order valence-corrected chi connectivity index (χ3v) is 6.67. The van der Waals surface area contributed by atoms with Crippen molar-refractivity contribution < 1.29 is 19.0 Å². The van der Waals surface area contributed by atoms with E-state index in [9.17, 15) is 14.4 Å². The lowest BCUT2D eigenvalue weighted by atomic mass is 9.82. The van der Waals surface area contributed by atoms with Gasteiger partial charge in [-0.15, -0.1) is 0 Å². The number of rotatable bonds is 10. The Bertz CT molecular complexity index is 1180. The van der Waals surface area contributed by atoms with Crippen molar-refractivity contribution in [3.8, 4) is 28.5 Å². The average Bonchev–Trinajstić information content (AvgIpc) is 3.22. The molecule has 0 bridgehead atoms. The van der Waals surface area contributed by atoms with Gasteiger partial charge in [-0.3, -0.25) is 4.68 Å². The Labute approximate surface area is 205 Å². The molecule has 0 unspecified atom stereocenters. The number of nitriles is 1. The molecule has 0 radical (unpaired) electrons. The topological polar surface area (TPSA) is 88.1 Å². The first-order valence-electron chi connectivity index (χ1n) is 12.1. The molecule has 1 aromatic heterocycles. The number of aliphatic carboxylic acids is 1. The van der Waals surface area contributed by atoms with Gasteiger partial charge < -0.3 is 9.84 Å². The zero-order valence-electron chi connectivity index (χ0n) is 19.7. The Morgan fingerprint density at radius 2 is 1.80 bits per heavy atom. The number of ether oxygens (including phenoxy) is 1. The lowest BCUT2D eigenvalue weighted by molar-refractivity contribution is -0.142. The van der Waals surface area contributed by atoms with Crippen molar-refractivity contribution in [2.75, 3.05) is 13.2 Å². The number of carboxylic acids is 1. The van der Waals surface area contributed by atoms with Crippen molar-refractivity contribution in [3.63, 3.8) is 0 Å². The number of hydrogen-bond acceptors (Lipinski definition) is 4. The molecule has 1 aliphatic rings. The molecule has 1 N–H and O–H groups in total. The predicted octanol–water partition coefficient (Wildman–Crippen LogP) is 5.72. The molecule has 2 aromatic carbocycles. The molecule has 0 aliphatic heterocycles. The number of benzene rings is 2. The molecule has 3 aromatic rings. The summed E-state index contributed by atoms with van der Waals surface area (Å²) in [6.45, 7) is 0.968. The summed E-state index contributed by atoms with van der Waals surface area (Å²) in [7, 11) is 0. The van der Waals surface area contributed by atoms with Gasteiger partial charge in [-0.1, -0.05) is 42.5 Å². The highest BCUT2D eigenvalue weighted by Gasteiger charge is 2.26. The minimum absolute atomic E-state index is 0.249. The van der Waals surface area contributed by atoms with Gasteiger partial charge in [0.2, 0.25) is 0 Å². The van der Waals surface area contributed by atoms with Crippen molar-refractivity contribution in [2.45, 2.75) is 45.1 Å². The van der Waals surface area contributed by atoms with E-state index in [1.807, 2.05) is 41.1 Å². The molecule has 0 atom stereocenters. The van der Waals surface area contributed by atoms with E-state index in [1.165, 1.54) is 12.1 Å². The van der Waals surface area contributed by atoms with Crippen LogP contribution in [-0.4, -0.2) is 34.1 Å². The highest BCUT2D eigenvalue weighted by Crippen LogP contribution is 2.37. The maximum absolute atomic E-state index is 14.2. The van der Waals surface area contributed by atoms with Gasteiger partial charge in [-0.2, -0.15) is 10.4 Å². The molecule has 1 saturated carbocycles. The summed E-state index contributed by atoms with van der Waals surface area (Å²) in [5.74, 6) is -0.436. The lowest BCUT2D eigenvalue weighted by Crippen LogP contribution is -2.23. The van der Waals surface area contributed by atoms with Gasteiger partial charge >= 0.3 is 5.97 Å². The van der Waals surface area contributed by atoms with Crippen molar-refractivity contribution in [3.05, 3.63) is 66.1 Å². The van der Waals surface area contributed by atoms with Crippen molar-refractivity contribution >= 4 is 5.97 Å². The SMILES string of the molecule is N#CCCc1c(-c2cccc(F)c2)c(-c2ccccc2)nn1C[C@H]1CC[C@@H](COCC(=O)O)CC1. The van der Waals surface area contributed by atoms with E-state index in [0.29, 0.717) is 31.3 Å². The zero-order chi connectivity index (χ0) is 24.6. The van der Waals surface area contributed by atoms with Gasteiger partial charge in [0.05, 0.1) is 12.7 Å². The second-order valence-corrected chi connectivity index (χ2v) is 9.18. The molecule has 0 spiro atoms. The predicted molar refractivity (Wildman–Crippen MR) is 131 cm³/mol. The van der Waals surface area contributed by atoms with E-state index >= 15 is 0 Å². The van der Waals surface area contributed by atoms with Gasteiger partial charge in [0, 0.05) is 36.2 Å². The van der Waals surface area contributed by atoms with Gasteiger partial charge in [-0.05, 0) is 55.2 Å². The van der Waals surface area contributed by atoms with E-state index in [1.54, 1.807) is 6.07 Å². The lowest BCUT2D eigenvalue weighted by Gasteiger charge is -2.28. The fraction of sp³-hybridized carbons (Fsp3) is 0.393. The van der Waals surface area contributed by atoms with Crippen molar-refractivity contribution in [1.29, 1.82) is 5.26 Å². The van der Waals surface area contributed by atoms with Gasteiger partial charge in [-0.25, -0.2) is 9.18 Å². The van der Waals surface area contributed by atoms with Crippen LogP contribution in [0.15, 0.2) is 54.6 Å². The number of nitrogens with zero attached hydrogens (tertiary/aromatic N) is 3. The first kappa shape index (κ1) is 24.6. The number of carbonyl (C=O) groups is 1. The van der Waals surface area contributed by atoms with Crippen LogP contribution in [0.25, 0.3) is 22.4 Å². The van der Waals surface area contributed by atoms with E-state index in [0.717, 1.165) is 60.3 Å². The number of hydrogen-bond donors (Lipinski definition) is 1. The summed E-state index contributed by atoms with van der Waals surface area (Å²) in [5.41, 5.74) is 4.38. The summed E-state index contributed by atoms with van der Waals surface area (Å²) in [6.07, 6.45) is 4.89. The second-order valence-electron chi connectivity index (χ2n) is 9.18. The van der Waals surface area contributed by atoms with Crippen LogP contribution in [0.5, 0.6) is 0 Å². The molecule has 1 heterocycles. The van der Waals surface area contributed by atoms with Crippen LogP contribution in [0.2, 0.25) is 0 Å². The Balaban J connectivity index is 1.61. The highest BCUT2D eigenvalue weighted by molar-refractivity contribution is 5.83. The second kappa shape index (κ2) is 11.8. The zero-order valence-corrected chi connectivity index (χ0v) is 19.7. The largest absolute Gasteiger partial charge is 0.480 e. The standard InChI is InChI=1S/C28H30FN3O3/c29-24-9-4-8-23(16-24)27-25(10-5-15-30)32(31-28(27)22-6-2-1-3-7-22)17-20-11-13-21(14-12-20)18-35-19-26(33)34/h1-4,6-9,16,20-21H,5,10-14,17-19H2,(H,33,34)/t20-,21+. The molecule has 6 nitrogen and oxygen atoms in total. The molecule has 0 saturated heterocycles. The highest BCUT2D eigenvalue weighted by atomic mass is 19.1. The number of carboxylic acid groups (broad SMARTS) is 1. The fourth-order valence-corrected chi connectivity index (χ4v) is 4.96. The van der Waals surface area contributed by atoms with Crippen LogP contribution in [0.3, 0.4) is 0 Å². The van der Waals surface area contributed by atoms with Gasteiger partial charge in [0.15, 0.2) is 0 Å². The monoisotopic (exact) mass is 475 g/mol. The average molecular weight is 476 g/mol. The van der Waals surface area contributed by atoms with E-state index < -0.39 is 5.97 Å². The molecule has 35 heavy (non-hydrogen) atoms. The first-order valence-corrected chi connectivity index (χ1v) is 12.1. The Hall–Kier alpha value is -3.50. The van der Waals surface area contributed by atoms with E-state index in [4.69, 9.17) is 14.9 Å². The van der Waals surface area contributed by atoms with Gasteiger partial charge in [0.1, 0.15) is 18.1 Å². The summed E-state index contributed by atoms with van der Waals surface area (Å²) in [5, 5.41) is 23.1. The van der Waals surface area contributed by atoms with Crippen LogP contribution >= 0.6 is 0 Å². The van der Waals surface area contributed by atoms with Crippen LogP contribution in [0.4, 0.5) is 4.39 Å². The minimum atomic E-state index is -0.939. The minimum Gasteiger partial charge on any atom is -0.480 e. The molecule has 0 amide bonds. The number of halogens is 1. The molecule has 4 rings (SSSR count). The molecule has 182 valence electrons. The first-order chi connectivity index (χ1) is 17.0. The maximum atomic E-state index is 14.2. The fourth-order valence-electron chi connectivity index (χ4n) is 4.96. The molecule has 1 aliphatic carbocycles. The van der Waals surface area contributed by atoms with E-state index in [-0.39, 0.29) is 12.4 Å². The third-order valence-electron chi connectivity index (χ3n) is 6.67. The van der Waals surface area contributed by atoms with Gasteiger partial charge in [0.25, 0.3) is 0 Å². The normalized spacial score (nSPS) is 17.7. The smallest absolute Gasteiger partial charge is 0.329 e. The molecular weight excluding hydrogens is 445 g/mol. The van der Waals surface area contributed by atoms with E-state index in [2.05, 4.69) is 6.07 Å². The van der Waals surface area contributed by atoms with Crippen LogP contribution in [0, 0.1) is 29.0 Å². The number of aromatic nitrogens is 2. The molecule has 1 fully saturated rings. The van der Waals surface area contributed by atoms with Crippen LogP contribution in [0.1, 0.15) is 37.8 Å². The Kier molecular flexibility index (Phi) is 8.27. The van der Waals surface area contributed by atoms with Crippen molar-refractivity contribution in [2.24, 2.45) is 11.8 Å². The Morgan fingerprint density at radius 1 is 1.09 bits per heavy atom. The molecular formula is C28H30FN3O3. The third kappa shape index (κ3) is 6.34. The molecule has 7 heteroatoms. The summed E-state index contributed by atoms with van der Waals surface area (Å²) in [6, 6.07) is 18.7. The van der Waals surface area contributed by atoms with Crippen LogP contribution in [-0.2, 0) is 22.5 Å². The quantitative estimate of drug-likeness (QED) is 0.405. The Morgan fingerprint density at radius 3 is 2.49 bits per heavy atom. The summed E-state index contributed by atoms with van der Waals surface area (Å²) >= 11 is 0.